The molecule has 1 aromatic carbocycles. The first-order chi connectivity index (χ1) is 28.0. The molecule has 1 aromatic rings. The van der Waals surface area contributed by atoms with Crippen molar-refractivity contribution in [3.8, 4) is 0 Å². The summed E-state index contributed by atoms with van der Waals surface area (Å²) in [6, 6.07) is 6.57. The van der Waals surface area contributed by atoms with Gasteiger partial charge in [-0.25, -0.2) is 18.8 Å². The Morgan fingerprint density at radius 3 is 2.32 bits per heavy atom. The molecule has 5 fully saturated rings. The van der Waals surface area contributed by atoms with Gasteiger partial charge in [0.2, 0.25) is 0 Å². The lowest BCUT2D eigenvalue weighted by Gasteiger charge is -2.68. The van der Waals surface area contributed by atoms with E-state index in [0.717, 1.165) is 26.4 Å². The monoisotopic (exact) mass is 844 g/mol. The van der Waals surface area contributed by atoms with Crippen molar-refractivity contribution in [3.05, 3.63) is 47.0 Å². The molecule has 15 nitrogen and oxygen atoms in total. The predicted molar refractivity (Wildman–Crippen MR) is 211 cm³/mol. The number of halogens is 1. The quantitative estimate of drug-likeness (QED) is 0.173. The van der Waals surface area contributed by atoms with E-state index in [1.165, 1.54) is 6.92 Å². The Bertz CT molecular complexity index is 1860. The Hall–Kier alpha value is -3.67. The highest BCUT2D eigenvalue weighted by Gasteiger charge is 2.77. The van der Waals surface area contributed by atoms with Gasteiger partial charge in [-0.2, -0.15) is 0 Å². The molecule has 13 atom stereocenters. The molecule has 3 heterocycles. The van der Waals surface area contributed by atoms with Crippen LogP contribution in [0.4, 0.5) is 9.18 Å². The van der Waals surface area contributed by atoms with Crippen LogP contribution in [-0.4, -0.2) is 137 Å². The van der Waals surface area contributed by atoms with Crippen LogP contribution >= 0.6 is 0 Å². The Labute approximate surface area is 350 Å². The fraction of sp³-hybridized carbons (Fsp3) is 0.727. The van der Waals surface area contributed by atoms with E-state index >= 15 is 4.39 Å². The molecule has 332 valence electrons. The number of rotatable bonds is 10. The molecular weight excluding hydrogens is 783 g/mol. The van der Waals surface area contributed by atoms with Gasteiger partial charge in [0, 0.05) is 30.7 Å². The van der Waals surface area contributed by atoms with Gasteiger partial charge in [-0.3, -0.25) is 9.69 Å². The summed E-state index contributed by atoms with van der Waals surface area (Å²) in [5.41, 5.74) is -5.42. The molecule has 0 spiro atoms. The molecule has 0 radical (unpaired) electrons. The van der Waals surface area contributed by atoms with Crippen LogP contribution in [0, 0.1) is 16.7 Å². The second-order valence-corrected chi connectivity index (χ2v) is 19.3. The Morgan fingerprint density at radius 1 is 1.07 bits per heavy atom. The van der Waals surface area contributed by atoms with Crippen LogP contribution in [0.5, 0.6) is 0 Å². The number of esters is 3. The van der Waals surface area contributed by atoms with E-state index < -0.39 is 113 Å². The maximum Gasteiger partial charge on any atom is 0.408 e. The van der Waals surface area contributed by atoms with Crippen molar-refractivity contribution in [1.29, 1.82) is 0 Å². The zero-order valence-corrected chi connectivity index (χ0v) is 36.0. The number of hydrogen-bond acceptors (Lipinski definition) is 14. The van der Waals surface area contributed by atoms with Gasteiger partial charge in [0.25, 0.3) is 0 Å². The zero-order chi connectivity index (χ0) is 43.7. The van der Waals surface area contributed by atoms with Crippen LogP contribution in [0.1, 0.15) is 98.4 Å². The first-order valence-electron chi connectivity index (χ1n) is 21.1. The number of hydrogen-bond donors (Lipinski definition) is 3. The minimum absolute atomic E-state index is 0.0391. The second-order valence-electron chi connectivity index (χ2n) is 19.3. The zero-order valence-electron chi connectivity index (χ0n) is 36.0. The number of aliphatic hydroxyl groups is 2. The molecule has 0 unspecified atom stereocenters. The average Bonchev–Trinajstić information content (AvgIpc) is 3.55. The van der Waals surface area contributed by atoms with E-state index in [0.29, 0.717) is 30.5 Å². The number of alkyl carbamates (subject to hydrolysis) is 1. The molecule has 3 aliphatic carbocycles. The summed E-state index contributed by atoms with van der Waals surface area (Å²) in [6.07, 6.45) is -9.16. The van der Waals surface area contributed by atoms with Gasteiger partial charge in [0.05, 0.1) is 30.2 Å². The average molecular weight is 845 g/mol. The minimum atomic E-state index is -2.20. The van der Waals surface area contributed by atoms with Gasteiger partial charge >= 0.3 is 24.0 Å². The van der Waals surface area contributed by atoms with Crippen LogP contribution in [0.25, 0.3) is 0 Å². The molecule has 0 aromatic heterocycles. The number of carbonyl (C=O) groups is 4. The number of carbonyl (C=O) groups excluding carboxylic acids is 4. The Kier molecular flexibility index (Phi) is 11.8. The number of benzene rings is 1. The first-order valence-corrected chi connectivity index (χ1v) is 21.1. The number of alkyl halides is 1. The normalized spacial score (nSPS) is 37.2. The third-order valence-electron chi connectivity index (χ3n) is 13.9. The van der Waals surface area contributed by atoms with Crippen molar-refractivity contribution < 1.29 is 66.9 Å². The lowest BCUT2D eigenvalue weighted by Crippen LogP contribution is -2.79. The summed E-state index contributed by atoms with van der Waals surface area (Å²) in [4.78, 5) is 56.4. The van der Waals surface area contributed by atoms with Crippen LogP contribution in [-0.2, 0) is 42.7 Å². The molecule has 3 saturated heterocycles. The summed E-state index contributed by atoms with van der Waals surface area (Å²) < 4.78 is 59.3. The number of amides is 1. The largest absolute Gasteiger partial charge is 0.456 e. The van der Waals surface area contributed by atoms with E-state index in [4.69, 9.17) is 33.2 Å². The van der Waals surface area contributed by atoms with Gasteiger partial charge in [-0.15, -0.1) is 0 Å². The molecule has 3 aliphatic heterocycles. The number of fused-ring (bicyclic) bond motifs is 8. The van der Waals surface area contributed by atoms with E-state index in [1.807, 2.05) is 20.8 Å². The summed E-state index contributed by atoms with van der Waals surface area (Å²) in [5, 5.41) is 27.3. The lowest BCUT2D eigenvalue weighted by atomic mass is 9.45. The SMILES string of the molecule is CC(=O)O[C@@]12CO[C@@H]1CC[C@@]1(C)[C@@H]3O[C@H](CN4CCC4)O[C@@H]3C3=C(C)[C@@H](OC(=O)[C@H](O)[C@@H](NC(=O)OC(C)(C)C)[C@H](C)F)C[C@@](O)([C@@H](OC(=O)c4ccccc4)[C@@H]12)C3(C)C. The number of likely N-dealkylation sites (tertiary alicyclic amines) is 1. The first kappa shape index (κ1) is 44.4. The molecule has 16 heteroatoms. The third-order valence-corrected chi connectivity index (χ3v) is 13.9. The number of nitrogens with zero attached hydrogens (tertiary/aromatic N) is 1. The van der Waals surface area contributed by atoms with Crippen molar-refractivity contribution >= 4 is 24.0 Å². The molecule has 6 aliphatic rings. The van der Waals surface area contributed by atoms with Gasteiger partial charge in [-0.05, 0) is 90.2 Å². The van der Waals surface area contributed by atoms with Crippen LogP contribution in [0.15, 0.2) is 41.5 Å². The summed E-state index contributed by atoms with van der Waals surface area (Å²) in [5.74, 6) is -3.55. The molecular formula is C44H61FN2O13. The van der Waals surface area contributed by atoms with Gasteiger partial charge in [0.1, 0.15) is 41.8 Å². The van der Waals surface area contributed by atoms with Crippen LogP contribution in [0.3, 0.4) is 0 Å². The number of ether oxygens (including phenoxy) is 7. The van der Waals surface area contributed by atoms with Gasteiger partial charge in [-0.1, -0.05) is 39.0 Å². The van der Waals surface area contributed by atoms with Crippen molar-refractivity contribution in [2.75, 3.05) is 26.2 Å². The molecule has 60 heavy (non-hydrogen) atoms. The fourth-order valence-corrected chi connectivity index (χ4v) is 10.8. The predicted octanol–water partition coefficient (Wildman–Crippen LogP) is 4.16. The van der Waals surface area contributed by atoms with E-state index in [9.17, 15) is 29.4 Å². The van der Waals surface area contributed by atoms with E-state index in [1.54, 1.807) is 58.0 Å². The molecule has 2 bridgehead atoms. The Morgan fingerprint density at radius 2 is 1.75 bits per heavy atom. The van der Waals surface area contributed by atoms with Crippen molar-refractivity contribution in [3.63, 3.8) is 0 Å². The minimum Gasteiger partial charge on any atom is -0.456 e. The summed E-state index contributed by atoms with van der Waals surface area (Å²) in [6.45, 7) is 16.8. The number of nitrogens with one attached hydrogen (secondary N) is 1. The third kappa shape index (κ3) is 7.63. The molecule has 2 saturated carbocycles. The maximum atomic E-state index is 15.1. The highest BCUT2D eigenvalue weighted by atomic mass is 19.1. The topological polar surface area (TPSA) is 189 Å². The lowest BCUT2D eigenvalue weighted by molar-refractivity contribution is -0.345. The van der Waals surface area contributed by atoms with Crippen molar-refractivity contribution in [2.45, 2.75) is 160 Å². The number of aliphatic hydroxyl groups excluding tert-OH is 1. The summed E-state index contributed by atoms with van der Waals surface area (Å²) in [7, 11) is 0. The molecule has 7 rings (SSSR count). The molecule has 3 N–H and O–H groups in total. The van der Waals surface area contributed by atoms with Crippen molar-refractivity contribution in [1.82, 2.24) is 10.2 Å². The highest BCUT2D eigenvalue weighted by Crippen LogP contribution is 2.66. The Balaban J connectivity index is 1.37. The standard InChI is InChI=1S/C44H61FN2O13/c1-23-27(55-38(51)32(49)31(24(2)45)46-39(52)60-40(4,5)6)20-44(53)36(58-37(50)26-14-11-10-12-15-26)34-42(9,17-16-28-43(34,22-54-28)59-25(3)48)35-33(30(23)41(44,7)8)56-29(57-35)21-47-18-13-19-47/h10-12,14-15,24,27-29,31-36,49,53H,13,16-22H2,1-9H3,(H,46,52)/t24-,27-,28+,29+,31-,32+,33+,34-,35+,36-,42+,43-,44+/m0/s1. The van der Waals surface area contributed by atoms with E-state index in [-0.39, 0.29) is 18.6 Å². The molecule has 1 amide bonds. The van der Waals surface area contributed by atoms with Gasteiger partial charge in [0.15, 0.2) is 18.0 Å². The maximum absolute atomic E-state index is 15.1. The van der Waals surface area contributed by atoms with Crippen LogP contribution < -0.4 is 5.32 Å². The van der Waals surface area contributed by atoms with Crippen LogP contribution in [0.2, 0.25) is 0 Å². The van der Waals surface area contributed by atoms with E-state index in [2.05, 4.69) is 10.2 Å². The van der Waals surface area contributed by atoms with Gasteiger partial charge < -0.3 is 48.7 Å². The highest BCUT2D eigenvalue weighted by molar-refractivity contribution is 5.89. The fourth-order valence-electron chi connectivity index (χ4n) is 10.8. The summed E-state index contributed by atoms with van der Waals surface area (Å²) >= 11 is 0. The second kappa shape index (κ2) is 15.9. The van der Waals surface area contributed by atoms with Crippen molar-refractivity contribution in [2.24, 2.45) is 16.7 Å². The smallest absolute Gasteiger partial charge is 0.408 e.